The number of hydrogen-bond donors (Lipinski definition) is 6. The Morgan fingerprint density at radius 3 is 2.00 bits per heavy atom. The van der Waals surface area contributed by atoms with Gasteiger partial charge in [-0.05, 0) is 18.6 Å². The van der Waals surface area contributed by atoms with E-state index in [0.29, 0.717) is 6.42 Å². The predicted molar refractivity (Wildman–Crippen MR) is 114 cm³/mol. The van der Waals surface area contributed by atoms with Gasteiger partial charge in [-0.1, -0.05) is 51.2 Å². The highest BCUT2D eigenvalue weighted by atomic mass is 16.4. The van der Waals surface area contributed by atoms with Crippen LogP contribution >= 0.6 is 0 Å². The van der Waals surface area contributed by atoms with E-state index < -0.39 is 42.9 Å². The molecule has 176 valence electrons. The molecule has 0 heterocycles. The van der Waals surface area contributed by atoms with Gasteiger partial charge in [0.15, 0.2) is 0 Å². The number of aliphatic hydroxyl groups is 5. The zero-order valence-electron chi connectivity index (χ0n) is 17.9. The normalized spacial score (nSPS) is 15.2. The Kier molecular flexibility index (Phi) is 12.3. The quantitative estimate of drug-likeness (QED) is 0.216. The highest BCUT2D eigenvalue weighted by molar-refractivity contribution is 6.04. The number of hydrogen-bond acceptors (Lipinski definition) is 7. The zero-order chi connectivity index (χ0) is 23.4. The first-order valence-corrected chi connectivity index (χ1v) is 10.7. The Balaban J connectivity index is 2.95. The third-order valence-electron chi connectivity index (χ3n) is 5.19. The molecule has 0 radical (unpaired) electrons. The average Bonchev–Trinajstić information content (AvgIpc) is 2.78. The van der Waals surface area contributed by atoms with Gasteiger partial charge in [0.25, 0.3) is 5.91 Å². The number of carbonyl (C=O) groups excluding carboxylic acids is 1. The molecule has 31 heavy (non-hydrogen) atoms. The summed E-state index contributed by atoms with van der Waals surface area (Å²) in [5, 5.41) is 58.1. The Hall–Kier alpha value is -2.04. The van der Waals surface area contributed by atoms with Gasteiger partial charge in [0.05, 0.1) is 17.7 Å². The van der Waals surface area contributed by atoms with E-state index in [2.05, 4.69) is 6.92 Å². The summed E-state index contributed by atoms with van der Waals surface area (Å²) in [5.74, 6) is -1.87. The van der Waals surface area contributed by atoms with E-state index in [1.54, 1.807) is 0 Å². The van der Waals surface area contributed by atoms with Gasteiger partial charge in [0.2, 0.25) is 0 Å². The molecule has 0 aliphatic rings. The van der Waals surface area contributed by atoms with Gasteiger partial charge in [-0.15, -0.1) is 0 Å². The van der Waals surface area contributed by atoms with Crippen molar-refractivity contribution in [2.45, 2.75) is 69.9 Å². The van der Waals surface area contributed by atoms with Crippen molar-refractivity contribution in [2.24, 2.45) is 0 Å². The molecule has 0 bridgehead atoms. The van der Waals surface area contributed by atoms with E-state index in [1.807, 2.05) is 0 Å². The topological polar surface area (TPSA) is 159 Å². The number of aromatic carboxylic acids is 1. The summed E-state index contributed by atoms with van der Waals surface area (Å²) in [7, 11) is 0. The molecule has 0 fully saturated rings. The second kappa shape index (κ2) is 14.1. The van der Waals surface area contributed by atoms with Crippen molar-refractivity contribution in [3.8, 4) is 0 Å². The number of nitrogens with zero attached hydrogens (tertiary/aromatic N) is 1. The van der Waals surface area contributed by atoms with Crippen LogP contribution < -0.4 is 0 Å². The Labute approximate surface area is 182 Å². The summed E-state index contributed by atoms with van der Waals surface area (Å²) in [6, 6.07) is 5.73. The van der Waals surface area contributed by atoms with Crippen LogP contribution in [0.5, 0.6) is 0 Å². The van der Waals surface area contributed by atoms with Gasteiger partial charge >= 0.3 is 5.97 Å². The van der Waals surface area contributed by atoms with Crippen LogP contribution in [0, 0.1) is 0 Å². The summed E-state index contributed by atoms with van der Waals surface area (Å²) in [6.45, 7) is 1.14. The van der Waals surface area contributed by atoms with Crippen molar-refractivity contribution in [3.63, 3.8) is 0 Å². The van der Waals surface area contributed by atoms with Gasteiger partial charge in [0, 0.05) is 13.1 Å². The molecule has 1 rings (SSSR count). The van der Waals surface area contributed by atoms with E-state index in [9.17, 15) is 35.1 Å². The third-order valence-corrected chi connectivity index (χ3v) is 5.19. The van der Waals surface area contributed by atoms with E-state index in [1.165, 1.54) is 29.2 Å². The van der Waals surface area contributed by atoms with Crippen LogP contribution in [0.25, 0.3) is 0 Å². The van der Waals surface area contributed by atoms with Gasteiger partial charge < -0.3 is 35.5 Å². The Morgan fingerprint density at radius 1 is 0.871 bits per heavy atom. The van der Waals surface area contributed by atoms with Crippen LogP contribution in [-0.4, -0.2) is 91.5 Å². The minimum atomic E-state index is -1.81. The maximum Gasteiger partial charge on any atom is 0.336 e. The fourth-order valence-electron chi connectivity index (χ4n) is 3.28. The molecular formula is C22H35NO8. The molecular weight excluding hydrogens is 406 g/mol. The second-order valence-corrected chi connectivity index (χ2v) is 7.67. The maximum atomic E-state index is 13.1. The lowest BCUT2D eigenvalue weighted by molar-refractivity contribution is -0.118. The third kappa shape index (κ3) is 8.54. The summed E-state index contributed by atoms with van der Waals surface area (Å²) >= 11 is 0. The molecule has 0 aliphatic heterocycles. The van der Waals surface area contributed by atoms with Crippen LogP contribution in [-0.2, 0) is 0 Å². The monoisotopic (exact) mass is 441 g/mol. The fraction of sp³-hybridized carbons (Fsp3) is 0.636. The van der Waals surface area contributed by atoms with Gasteiger partial charge in [-0.2, -0.15) is 0 Å². The van der Waals surface area contributed by atoms with Gasteiger partial charge in [-0.3, -0.25) is 4.79 Å². The number of unbranched alkanes of at least 4 members (excludes halogenated alkanes) is 5. The lowest BCUT2D eigenvalue weighted by Crippen LogP contribution is -2.50. The molecule has 4 atom stereocenters. The first-order chi connectivity index (χ1) is 14.7. The molecule has 1 amide bonds. The van der Waals surface area contributed by atoms with E-state index >= 15 is 0 Å². The number of benzene rings is 1. The van der Waals surface area contributed by atoms with Gasteiger partial charge in [-0.25, -0.2) is 4.79 Å². The van der Waals surface area contributed by atoms with E-state index in [-0.39, 0.29) is 24.2 Å². The molecule has 0 aliphatic carbocycles. The predicted octanol–water partition coefficient (Wildman–Crippen LogP) is 0.623. The number of carboxylic acids is 1. The minimum Gasteiger partial charge on any atom is -0.478 e. The second-order valence-electron chi connectivity index (χ2n) is 7.67. The maximum absolute atomic E-state index is 13.1. The number of rotatable bonds is 15. The fourth-order valence-corrected chi connectivity index (χ4v) is 3.28. The summed E-state index contributed by atoms with van der Waals surface area (Å²) in [5.41, 5.74) is -0.218. The molecule has 0 saturated heterocycles. The highest BCUT2D eigenvalue weighted by Crippen LogP contribution is 2.16. The van der Waals surface area contributed by atoms with Crippen LogP contribution in [0.3, 0.4) is 0 Å². The summed E-state index contributed by atoms with van der Waals surface area (Å²) in [6.07, 6.45) is -1.16. The lowest BCUT2D eigenvalue weighted by Gasteiger charge is -2.31. The zero-order valence-corrected chi connectivity index (χ0v) is 17.9. The Morgan fingerprint density at radius 2 is 1.42 bits per heavy atom. The summed E-state index contributed by atoms with van der Waals surface area (Å²) in [4.78, 5) is 25.8. The van der Waals surface area contributed by atoms with Crippen LogP contribution in [0.4, 0.5) is 0 Å². The van der Waals surface area contributed by atoms with Crippen LogP contribution in [0.15, 0.2) is 24.3 Å². The van der Waals surface area contributed by atoms with Crippen molar-refractivity contribution in [1.29, 1.82) is 0 Å². The van der Waals surface area contributed by atoms with Gasteiger partial charge in [0.1, 0.15) is 24.4 Å². The molecule has 0 saturated carbocycles. The summed E-state index contributed by atoms with van der Waals surface area (Å²) < 4.78 is 0. The first kappa shape index (κ1) is 27.0. The number of carboxylic acid groups (broad SMARTS) is 1. The molecule has 6 N–H and O–H groups in total. The Bertz CT molecular complexity index is 683. The molecule has 4 unspecified atom stereocenters. The van der Waals surface area contributed by atoms with Crippen LogP contribution in [0.2, 0.25) is 0 Å². The van der Waals surface area contributed by atoms with Crippen molar-refractivity contribution >= 4 is 11.9 Å². The number of aliphatic hydroxyl groups excluding tert-OH is 5. The largest absolute Gasteiger partial charge is 0.478 e. The molecule has 9 heteroatoms. The lowest BCUT2D eigenvalue weighted by atomic mass is 10.0. The molecule has 1 aromatic rings. The van der Waals surface area contributed by atoms with Crippen molar-refractivity contribution in [2.75, 3.05) is 19.7 Å². The number of carbonyl (C=O) groups is 2. The molecule has 1 aromatic carbocycles. The van der Waals surface area contributed by atoms with Crippen molar-refractivity contribution in [3.05, 3.63) is 35.4 Å². The standard InChI is InChI=1S/C22H35NO8/c1-2-3-4-5-6-9-12-23(13-17(25)19(27)20(28)18(26)14-24)21(29)15-10-7-8-11-16(15)22(30)31/h7-8,10-11,17-20,24-28H,2-6,9,12-14H2,1H3,(H,30,31). The van der Waals surface area contributed by atoms with E-state index in [4.69, 9.17) is 5.11 Å². The SMILES string of the molecule is CCCCCCCCN(CC(O)C(O)C(O)C(O)CO)C(=O)c1ccccc1C(=O)O. The molecule has 0 aromatic heterocycles. The van der Waals surface area contributed by atoms with E-state index in [0.717, 1.165) is 32.1 Å². The van der Waals surface area contributed by atoms with Crippen molar-refractivity contribution in [1.82, 2.24) is 4.90 Å². The van der Waals surface area contributed by atoms with Crippen LogP contribution in [0.1, 0.15) is 66.2 Å². The molecule has 9 nitrogen and oxygen atoms in total. The average molecular weight is 442 g/mol. The van der Waals surface area contributed by atoms with Crippen molar-refractivity contribution < 1.29 is 40.2 Å². The minimum absolute atomic E-state index is 0.0429. The first-order valence-electron chi connectivity index (χ1n) is 10.7. The number of amides is 1. The smallest absolute Gasteiger partial charge is 0.336 e. The molecule has 0 spiro atoms. The highest BCUT2D eigenvalue weighted by Gasteiger charge is 2.32.